The Labute approximate surface area is 56.3 Å². The van der Waals surface area contributed by atoms with Crippen molar-refractivity contribution in [2.45, 2.75) is 26.4 Å². The number of hydrogen-bond donors (Lipinski definition) is 2. The summed E-state index contributed by atoms with van der Waals surface area (Å²) in [7, 11) is 0. The summed E-state index contributed by atoms with van der Waals surface area (Å²) in [5.41, 5.74) is 0. The van der Waals surface area contributed by atoms with Crippen LogP contribution in [0.15, 0.2) is 0 Å². The molecule has 0 aromatic heterocycles. The molecule has 58 valence electrons. The molecule has 0 radical (unpaired) electrons. The molecule has 0 aliphatic heterocycles. The van der Waals surface area contributed by atoms with Crippen LogP contribution in [0, 0.1) is 5.92 Å². The number of aliphatic hydroxyl groups is 1. The lowest BCUT2D eigenvalue weighted by Gasteiger charge is -2.14. The number of quaternary nitrogens is 1. The first-order chi connectivity index (χ1) is 3.66. The molecule has 1 atom stereocenters. The molecule has 0 heterocycles. The highest BCUT2D eigenvalue weighted by molar-refractivity contribution is 4.53. The lowest BCUT2D eigenvalue weighted by Crippen LogP contribution is -2.24. The van der Waals surface area contributed by atoms with Crippen LogP contribution in [0.5, 0.6) is 0 Å². The molecule has 0 amide bonds. The summed E-state index contributed by atoms with van der Waals surface area (Å²) in [6.45, 7) is 3.61. The molecule has 3 nitrogen and oxygen atoms in total. The molecule has 3 heteroatoms. The summed E-state index contributed by atoms with van der Waals surface area (Å²) in [5, 5.41) is 18.6. The van der Waals surface area contributed by atoms with E-state index in [9.17, 15) is 5.11 Å². The van der Waals surface area contributed by atoms with Gasteiger partial charge in [-0.25, -0.2) is 0 Å². The summed E-state index contributed by atoms with van der Waals surface area (Å²) in [4.78, 5) is 0. The Morgan fingerprint density at radius 3 is 2.00 bits per heavy atom. The van der Waals surface area contributed by atoms with E-state index < -0.39 is 6.10 Å². The zero-order chi connectivity index (χ0) is 6.57. The summed E-state index contributed by atoms with van der Waals surface area (Å²) < 4.78 is 0. The molecular weight excluding hydrogens is 118 g/mol. The first kappa shape index (κ1) is 11.6. The molecule has 9 heavy (non-hydrogen) atoms. The molecule has 0 spiro atoms. The minimum Gasteiger partial charge on any atom is -0.853 e. The van der Waals surface area contributed by atoms with Crippen LogP contribution in [0.2, 0.25) is 0 Å². The molecule has 0 fully saturated rings. The van der Waals surface area contributed by atoms with Gasteiger partial charge >= 0.3 is 0 Å². The van der Waals surface area contributed by atoms with Gasteiger partial charge in [0.15, 0.2) is 0 Å². The maximum atomic E-state index is 9.92. The van der Waals surface area contributed by atoms with E-state index in [1.807, 2.05) is 13.8 Å². The summed E-state index contributed by atoms with van der Waals surface area (Å²) in [6, 6.07) is 0. The standard InChI is InChI=1S/C6H13O2.H3N/c1-5(2)3-6(8)4-7;/h5-6,8H,3-4H2,1-2H3;1H3/q-1;/p+1. The Morgan fingerprint density at radius 1 is 1.44 bits per heavy atom. The van der Waals surface area contributed by atoms with E-state index >= 15 is 0 Å². The van der Waals surface area contributed by atoms with Gasteiger partial charge in [-0.2, -0.15) is 0 Å². The van der Waals surface area contributed by atoms with E-state index in [0.29, 0.717) is 12.3 Å². The maximum absolute atomic E-state index is 9.92. The van der Waals surface area contributed by atoms with E-state index in [1.165, 1.54) is 0 Å². The highest BCUT2D eigenvalue weighted by atomic mass is 16.3. The summed E-state index contributed by atoms with van der Waals surface area (Å²) in [6.07, 6.45) is -0.00116. The normalized spacial score (nSPS) is 13.0. The average molecular weight is 135 g/mol. The summed E-state index contributed by atoms with van der Waals surface area (Å²) in [5.74, 6) is 0.430. The highest BCUT2D eigenvalue weighted by Crippen LogP contribution is 2.01. The predicted octanol–water partition coefficient (Wildman–Crippen LogP) is 0.130. The molecule has 1 unspecified atom stereocenters. The molecule has 0 rings (SSSR count). The monoisotopic (exact) mass is 135 g/mol. The van der Waals surface area contributed by atoms with Crippen molar-refractivity contribution >= 4 is 0 Å². The van der Waals surface area contributed by atoms with Crippen molar-refractivity contribution < 1.29 is 10.2 Å². The van der Waals surface area contributed by atoms with Crippen molar-refractivity contribution in [1.29, 1.82) is 0 Å². The van der Waals surface area contributed by atoms with Crippen LogP contribution in [0.4, 0.5) is 0 Å². The third kappa shape index (κ3) is 7.88. The van der Waals surface area contributed by atoms with Gasteiger partial charge in [0.05, 0.1) is 0 Å². The molecule has 0 saturated carbocycles. The van der Waals surface area contributed by atoms with E-state index in [0.717, 1.165) is 0 Å². The quantitative estimate of drug-likeness (QED) is 0.576. The van der Waals surface area contributed by atoms with Crippen molar-refractivity contribution in [3.63, 3.8) is 0 Å². The summed E-state index contributed by atoms with van der Waals surface area (Å²) >= 11 is 0. The predicted molar refractivity (Wildman–Crippen MR) is 36.3 cm³/mol. The van der Waals surface area contributed by atoms with Crippen LogP contribution < -0.4 is 11.3 Å². The van der Waals surface area contributed by atoms with Crippen LogP contribution in [0.1, 0.15) is 20.3 Å². The first-order valence-corrected chi connectivity index (χ1v) is 2.93. The van der Waals surface area contributed by atoms with Crippen LogP contribution in [-0.2, 0) is 0 Å². The number of rotatable bonds is 3. The lowest BCUT2D eigenvalue weighted by atomic mass is 10.1. The molecule has 5 N–H and O–H groups in total. The van der Waals surface area contributed by atoms with Gasteiger partial charge in [-0.1, -0.05) is 13.8 Å². The Hall–Kier alpha value is -0.120. The van der Waals surface area contributed by atoms with Gasteiger partial charge in [-0.15, -0.1) is 6.61 Å². The Balaban J connectivity index is 0. The third-order valence-electron chi connectivity index (χ3n) is 0.936. The van der Waals surface area contributed by atoms with E-state index in [-0.39, 0.29) is 12.8 Å². The van der Waals surface area contributed by atoms with Crippen LogP contribution in [-0.4, -0.2) is 17.8 Å². The van der Waals surface area contributed by atoms with Crippen LogP contribution in [0.3, 0.4) is 0 Å². The Morgan fingerprint density at radius 2 is 1.89 bits per heavy atom. The molecule has 0 aromatic carbocycles. The second-order valence-corrected chi connectivity index (χ2v) is 2.45. The highest BCUT2D eigenvalue weighted by Gasteiger charge is 1.99. The third-order valence-corrected chi connectivity index (χ3v) is 0.936. The first-order valence-electron chi connectivity index (χ1n) is 2.93. The van der Waals surface area contributed by atoms with E-state index in [4.69, 9.17) is 5.11 Å². The minimum absolute atomic E-state index is 0. The van der Waals surface area contributed by atoms with Crippen molar-refractivity contribution in [1.82, 2.24) is 6.15 Å². The second kappa shape index (κ2) is 6.01. The van der Waals surface area contributed by atoms with Gasteiger partial charge in [-0.3, -0.25) is 0 Å². The fourth-order valence-electron chi connectivity index (χ4n) is 0.612. The van der Waals surface area contributed by atoms with Crippen LogP contribution >= 0.6 is 0 Å². The fraction of sp³-hybridized carbons (Fsp3) is 1.00. The number of aliphatic hydroxyl groups excluding tert-OH is 1. The van der Waals surface area contributed by atoms with Gasteiger partial charge in [-0.05, 0) is 12.3 Å². The van der Waals surface area contributed by atoms with Gasteiger partial charge < -0.3 is 16.4 Å². The minimum atomic E-state index is -0.630. The largest absolute Gasteiger partial charge is 0.853 e. The van der Waals surface area contributed by atoms with Crippen molar-refractivity contribution in [2.75, 3.05) is 6.61 Å². The zero-order valence-corrected chi connectivity index (χ0v) is 6.42. The Kier molecular flexibility index (Phi) is 7.77. The fourth-order valence-corrected chi connectivity index (χ4v) is 0.612. The van der Waals surface area contributed by atoms with Gasteiger partial charge in [0, 0.05) is 6.10 Å². The maximum Gasteiger partial charge on any atom is 0.0390 e. The van der Waals surface area contributed by atoms with Crippen molar-refractivity contribution in [3.8, 4) is 0 Å². The molecule has 0 aliphatic carbocycles. The molecule has 0 aliphatic rings. The van der Waals surface area contributed by atoms with Crippen molar-refractivity contribution in [3.05, 3.63) is 0 Å². The zero-order valence-electron chi connectivity index (χ0n) is 6.42. The number of hydrogen-bond acceptors (Lipinski definition) is 2. The van der Waals surface area contributed by atoms with Crippen molar-refractivity contribution in [2.24, 2.45) is 5.92 Å². The van der Waals surface area contributed by atoms with Gasteiger partial charge in [0.2, 0.25) is 0 Å². The Bertz CT molecular complexity index is 57.0. The van der Waals surface area contributed by atoms with E-state index in [1.54, 1.807) is 0 Å². The SMILES string of the molecule is CC(C)CC(O)C[O-].[NH4+]. The molecule has 0 bridgehead atoms. The molecule has 0 aromatic rings. The molecular formula is C6H17NO2. The van der Waals surface area contributed by atoms with E-state index in [2.05, 4.69) is 0 Å². The van der Waals surface area contributed by atoms with Crippen LogP contribution in [0.25, 0.3) is 0 Å². The average Bonchev–Trinajstić information content (AvgIpc) is 1.65. The van der Waals surface area contributed by atoms with Gasteiger partial charge in [0.1, 0.15) is 0 Å². The topological polar surface area (TPSA) is 79.8 Å². The smallest absolute Gasteiger partial charge is 0.0390 e. The lowest BCUT2D eigenvalue weighted by molar-refractivity contribution is -0.384. The molecule has 0 saturated heterocycles. The second-order valence-electron chi connectivity index (χ2n) is 2.45. The van der Waals surface area contributed by atoms with Gasteiger partial charge in [0.25, 0.3) is 0 Å².